The minimum Gasteiger partial charge on any atom is -0.241 e. The van der Waals surface area contributed by atoms with Crippen LogP contribution < -0.4 is 0 Å². The summed E-state index contributed by atoms with van der Waals surface area (Å²) >= 11 is 0.464. The topological polar surface area (TPSA) is 12.4 Å². The third-order valence-electron chi connectivity index (χ3n) is 2.21. The van der Waals surface area contributed by atoms with E-state index in [0.717, 1.165) is 0 Å². The van der Waals surface area contributed by atoms with Crippen molar-refractivity contribution >= 4 is 22.5 Å². The third-order valence-corrected chi connectivity index (χ3v) is 2.94. The maximum atomic E-state index is 12.6. The molecule has 0 fully saturated rings. The van der Waals surface area contributed by atoms with Crippen molar-refractivity contribution in [3.63, 3.8) is 0 Å². The molecule has 0 radical (unpaired) electrons. The molecular weight excluding hydrogens is 252 g/mol. The molecule has 0 saturated heterocycles. The molecule has 0 atom stereocenters. The molecule has 2 rings (SSSR count). The zero-order valence-electron chi connectivity index (χ0n) is 9.46. The van der Waals surface area contributed by atoms with Crippen LogP contribution in [-0.4, -0.2) is 10.8 Å². The summed E-state index contributed by atoms with van der Waals surface area (Å²) in [6, 6.07) is 18.1. The smallest absolute Gasteiger partial charge is 0.241 e. The molecule has 0 aliphatic heterocycles. The number of benzene rings is 2. The first-order valence-electron chi connectivity index (χ1n) is 5.39. The monoisotopic (exact) mass is 263 g/mol. The summed E-state index contributed by atoms with van der Waals surface area (Å²) in [5, 5.41) is 0.330. The molecule has 92 valence electrons. The van der Waals surface area contributed by atoms with Gasteiger partial charge in [-0.3, -0.25) is 0 Å². The van der Waals surface area contributed by atoms with Crippen molar-refractivity contribution in [2.75, 3.05) is 0 Å². The highest BCUT2D eigenvalue weighted by Crippen LogP contribution is 2.24. The minimum atomic E-state index is -2.48. The number of alkyl halides is 2. The van der Waals surface area contributed by atoms with E-state index in [-0.39, 0.29) is 0 Å². The second-order valence-electron chi connectivity index (χ2n) is 3.50. The maximum absolute atomic E-state index is 12.6. The number of rotatable bonds is 3. The lowest BCUT2D eigenvalue weighted by molar-refractivity contribution is 0.253. The minimum absolute atomic E-state index is 0.330. The van der Waals surface area contributed by atoms with Crippen LogP contribution in [0.1, 0.15) is 5.56 Å². The lowest BCUT2D eigenvalue weighted by Gasteiger charge is -2.05. The molecule has 4 heteroatoms. The summed E-state index contributed by atoms with van der Waals surface area (Å²) in [6.45, 7) is 0. The lowest BCUT2D eigenvalue weighted by atomic mass is 10.2. The molecule has 0 unspecified atom stereocenters. The summed E-state index contributed by atoms with van der Waals surface area (Å²) in [6.07, 6.45) is 0. The van der Waals surface area contributed by atoms with Crippen molar-refractivity contribution in [3.8, 4) is 0 Å². The second kappa shape index (κ2) is 6.31. The van der Waals surface area contributed by atoms with E-state index in [4.69, 9.17) is 0 Å². The van der Waals surface area contributed by atoms with Crippen molar-refractivity contribution in [3.05, 3.63) is 66.2 Å². The summed E-state index contributed by atoms with van der Waals surface area (Å²) in [5.74, 6) is -2.48. The van der Waals surface area contributed by atoms with E-state index >= 15 is 0 Å². The number of hydrogen-bond donors (Lipinski definition) is 0. The van der Waals surface area contributed by atoms with Gasteiger partial charge in [0.15, 0.2) is 0 Å². The summed E-state index contributed by atoms with van der Waals surface area (Å²) in [7, 11) is 0. The van der Waals surface area contributed by atoms with Gasteiger partial charge in [-0.15, -0.1) is 0 Å². The van der Waals surface area contributed by atoms with Crippen LogP contribution >= 0.6 is 11.8 Å². The fraction of sp³-hybridized carbons (Fsp3) is 0.0714. The standard InChI is InChI=1S/C14H11F2NS/c15-14(16)18-13(11-7-3-1-4-8-11)17-12-9-5-2-6-10-12/h1-10,14H. The Bertz CT molecular complexity index is 512. The van der Waals surface area contributed by atoms with Crippen molar-refractivity contribution in [1.82, 2.24) is 0 Å². The predicted octanol–water partition coefficient (Wildman–Crippen LogP) is 4.72. The zero-order chi connectivity index (χ0) is 12.8. The first-order chi connectivity index (χ1) is 8.75. The molecule has 0 aromatic heterocycles. The van der Waals surface area contributed by atoms with Gasteiger partial charge < -0.3 is 0 Å². The summed E-state index contributed by atoms with van der Waals surface area (Å²) in [4.78, 5) is 4.27. The average molecular weight is 263 g/mol. The predicted molar refractivity (Wildman–Crippen MR) is 72.7 cm³/mol. The Morgan fingerprint density at radius 3 is 2.00 bits per heavy atom. The highest BCUT2D eigenvalue weighted by molar-refractivity contribution is 8.14. The van der Waals surface area contributed by atoms with Crippen molar-refractivity contribution in [1.29, 1.82) is 0 Å². The van der Waals surface area contributed by atoms with Crippen molar-refractivity contribution in [2.24, 2.45) is 4.99 Å². The van der Waals surface area contributed by atoms with Crippen LogP contribution in [0.25, 0.3) is 0 Å². The van der Waals surface area contributed by atoms with Gasteiger partial charge in [-0.25, -0.2) is 4.99 Å². The molecule has 0 amide bonds. The molecule has 0 aliphatic rings. The zero-order valence-corrected chi connectivity index (χ0v) is 10.3. The van der Waals surface area contributed by atoms with Gasteiger partial charge in [0.1, 0.15) is 5.04 Å². The quantitative estimate of drug-likeness (QED) is 0.576. The molecular formula is C14H11F2NS. The van der Waals surface area contributed by atoms with Crippen LogP contribution in [0.15, 0.2) is 65.7 Å². The number of nitrogens with zero attached hydrogens (tertiary/aromatic N) is 1. The van der Waals surface area contributed by atoms with Crippen LogP contribution in [0.2, 0.25) is 0 Å². The van der Waals surface area contributed by atoms with Gasteiger partial charge in [0.25, 0.3) is 5.76 Å². The van der Waals surface area contributed by atoms with E-state index in [1.165, 1.54) is 0 Å². The highest BCUT2D eigenvalue weighted by atomic mass is 32.2. The molecule has 2 aromatic carbocycles. The van der Waals surface area contributed by atoms with E-state index in [9.17, 15) is 8.78 Å². The van der Waals surface area contributed by atoms with Crippen LogP contribution in [-0.2, 0) is 0 Å². The Kier molecular flexibility index (Phi) is 4.47. The molecule has 0 aliphatic carbocycles. The average Bonchev–Trinajstić information content (AvgIpc) is 2.40. The molecule has 0 saturated carbocycles. The Balaban J connectivity index is 2.34. The number of thioether (sulfide) groups is 1. The summed E-state index contributed by atoms with van der Waals surface area (Å²) in [5.41, 5.74) is 1.37. The van der Waals surface area contributed by atoms with E-state index in [1.807, 2.05) is 36.4 Å². The fourth-order valence-electron chi connectivity index (χ4n) is 1.44. The van der Waals surface area contributed by atoms with Crippen LogP contribution in [0.3, 0.4) is 0 Å². The maximum Gasteiger partial charge on any atom is 0.290 e. The van der Waals surface area contributed by atoms with Crippen molar-refractivity contribution < 1.29 is 8.78 Å². The lowest BCUT2D eigenvalue weighted by Crippen LogP contribution is -1.98. The Labute approximate surface area is 109 Å². The van der Waals surface area contributed by atoms with Crippen molar-refractivity contribution in [2.45, 2.75) is 5.76 Å². The second-order valence-corrected chi connectivity index (χ2v) is 4.48. The van der Waals surface area contributed by atoms with Gasteiger partial charge in [0, 0.05) is 5.56 Å². The van der Waals surface area contributed by atoms with Gasteiger partial charge >= 0.3 is 0 Å². The first-order valence-corrected chi connectivity index (χ1v) is 6.27. The summed E-state index contributed by atoms with van der Waals surface area (Å²) < 4.78 is 25.1. The SMILES string of the molecule is FC(F)SC(=Nc1ccccc1)c1ccccc1. The van der Waals surface area contributed by atoms with Gasteiger partial charge in [0.2, 0.25) is 0 Å². The highest BCUT2D eigenvalue weighted by Gasteiger charge is 2.11. The van der Waals surface area contributed by atoms with Crippen LogP contribution in [0.5, 0.6) is 0 Å². The third kappa shape index (κ3) is 3.67. The van der Waals surface area contributed by atoms with E-state index in [0.29, 0.717) is 28.1 Å². The fourth-order valence-corrected chi connectivity index (χ4v) is 2.04. The van der Waals surface area contributed by atoms with E-state index < -0.39 is 5.76 Å². The molecule has 2 aromatic rings. The Morgan fingerprint density at radius 1 is 0.889 bits per heavy atom. The van der Waals surface area contributed by atoms with Gasteiger partial charge in [0.05, 0.1) is 5.69 Å². The molecule has 0 spiro atoms. The molecule has 1 nitrogen and oxygen atoms in total. The molecule has 0 heterocycles. The van der Waals surface area contributed by atoms with Gasteiger partial charge in [-0.05, 0) is 23.9 Å². The van der Waals surface area contributed by atoms with Gasteiger partial charge in [-0.1, -0.05) is 48.5 Å². The molecule has 0 N–H and O–H groups in total. The van der Waals surface area contributed by atoms with Crippen LogP contribution in [0.4, 0.5) is 14.5 Å². The Morgan fingerprint density at radius 2 is 1.44 bits per heavy atom. The Hall–Kier alpha value is -1.68. The normalized spacial score (nSPS) is 11.8. The number of aliphatic imine (C=N–C) groups is 1. The molecule has 18 heavy (non-hydrogen) atoms. The first kappa shape index (κ1) is 12.8. The molecule has 0 bridgehead atoms. The van der Waals surface area contributed by atoms with Crippen LogP contribution in [0, 0.1) is 0 Å². The number of para-hydroxylation sites is 1. The van der Waals surface area contributed by atoms with Gasteiger partial charge in [-0.2, -0.15) is 8.78 Å². The largest absolute Gasteiger partial charge is 0.290 e. The van der Waals surface area contributed by atoms with E-state index in [2.05, 4.69) is 4.99 Å². The van der Waals surface area contributed by atoms with E-state index in [1.54, 1.807) is 24.3 Å². The number of hydrogen-bond acceptors (Lipinski definition) is 2. The number of halogens is 2.